The smallest absolute Gasteiger partial charge is 0.178 e. The molecule has 0 amide bonds. The maximum absolute atomic E-state index is 6.08. The molecule has 6 heteroatoms. The van der Waals surface area contributed by atoms with Gasteiger partial charge in [-0.15, -0.1) is 10.2 Å². The van der Waals surface area contributed by atoms with Crippen LogP contribution >= 0.6 is 11.6 Å². The lowest BCUT2D eigenvalue weighted by Gasteiger charge is -2.06. The van der Waals surface area contributed by atoms with Crippen LogP contribution in [0.15, 0.2) is 30.9 Å². The van der Waals surface area contributed by atoms with Crippen molar-refractivity contribution in [3.05, 3.63) is 47.3 Å². The van der Waals surface area contributed by atoms with E-state index >= 15 is 0 Å². The SMILES string of the molecule is C=CCOc1ccc(Cc2nn[nH]n2)cc1Cl. The van der Waals surface area contributed by atoms with Crippen molar-refractivity contribution in [2.75, 3.05) is 6.61 Å². The topological polar surface area (TPSA) is 63.7 Å². The summed E-state index contributed by atoms with van der Waals surface area (Å²) in [5.41, 5.74) is 1.00. The first-order chi connectivity index (χ1) is 8.29. The fourth-order valence-electron chi connectivity index (χ4n) is 1.36. The van der Waals surface area contributed by atoms with Gasteiger partial charge in [-0.3, -0.25) is 0 Å². The summed E-state index contributed by atoms with van der Waals surface area (Å²) in [6, 6.07) is 5.57. The molecule has 1 heterocycles. The van der Waals surface area contributed by atoms with Crippen molar-refractivity contribution in [1.29, 1.82) is 0 Å². The minimum Gasteiger partial charge on any atom is -0.488 e. The van der Waals surface area contributed by atoms with Crippen molar-refractivity contribution in [3.63, 3.8) is 0 Å². The molecule has 0 bridgehead atoms. The molecule has 17 heavy (non-hydrogen) atoms. The molecule has 0 fully saturated rings. The highest BCUT2D eigenvalue weighted by Crippen LogP contribution is 2.26. The molecule has 0 aliphatic rings. The molecule has 1 aromatic carbocycles. The third-order valence-corrected chi connectivity index (χ3v) is 2.40. The molecule has 0 aliphatic heterocycles. The molecule has 0 radical (unpaired) electrons. The summed E-state index contributed by atoms with van der Waals surface area (Å²) in [6.07, 6.45) is 2.25. The lowest BCUT2D eigenvalue weighted by atomic mass is 10.1. The van der Waals surface area contributed by atoms with Crippen molar-refractivity contribution in [1.82, 2.24) is 20.6 Å². The molecule has 88 valence electrons. The Bertz CT molecular complexity index is 498. The van der Waals surface area contributed by atoms with Gasteiger partial charge in [-0.25, -0.2) is 0 Å². The van der Waals surface area contributed by atoms with E-state index < -0.39 is 0 Å². The predicted octanol–water partition coefficient (Wildman–Crippen LogP) is 2.01. The van der Waals surface area contributed by atoms with E-state index in [1.165, 1.54) is 0 Å². The Kier molecular flexibility index (Phi) is 3.72. The van der Waals surface area contributed by atoms with Crippen molar-refractivity contribution >= 4 is 11.6 Å². The average Bonchev–Trinajstić information content (AvgIpc) is 2.81. The Balaban J connectivity index is 2.10. The van der Waals surface area contributed by atoms with E-state index in [2.05, 4.69) is 27.2 Å². The number of hydrogen-bond donors (Lipinski definition) is 1. The highest BCUT2D eigenvalue weighted by Gasteiger charge is 2.05. The van der Waals surface area contributed by atoms with E-state index in [1.807, 2.05) is 18.2 Å². The van der Waals surface area contributed by atoms with Crippen molar-refractivity contribution in [3.8, 4) is 5.75 Å². The first kappa shape index (κ1) is 11.6. The number of aromatic amines is 1. The quantitative estimate of drug-likeness (QED) is 0.825. The molecular formula is C11H11ClN4O. The normalized spacial score (nSPS) is 10.2. The van der Waals surface area contributed by atoms with Crippen LogP contribution in [-0.4, -0.2) is 27.2 Å². The fraction of sp³-hybridized carbons (Fsp3) is 0.182. The molecule has 0 saturated carbocycles. The molecule has 2 rings (SSSR count). The zero-order valence-corrected chi connectivity index (χ0v) is 9.81. The van der Waals surface area contributed by atoms with Crippen LogP contribution in [0.3, 0.4) is 0 Å². The van der Waals surface area contributed by atoms with Crippen LogP contribution in [0.1, 0.15) is 11.4 Å². The van der Waals surface area contributed by atoms with Gasteiger partial charge in [0.25, 0.3) is 0 Å². The van der Waals surface area contributed by atoms with Crippen LogP contribution in [0.2, 0.25) is 5.02 Å². The molecule has 0 saturated heterocycles. The molecule has 2 aromatic rings. The molecular weight excluding hydrogens is 240 g/mol. The lowest BCUT2D eigenvalue weighted by molar-refractivity contribution is 0.363. The van der Waals surface area contributed by atoms with Crippen LogP contribution < -0.4 is 4.74 Å². The molecule has 1 aromatic heterocycles. The number of benzene rings is 1. The minimum atomic E-state index is 0.434. The van der Waals surface area contributed by atoms with Crippen LogP contribution in [0.25, 0.3) is 0 Å². The van der Waals surface area contributed by atoms with E-state index in [-0.39, 0.29) is 0 Å². The first-order valence-electron chi connectivity index (χ1n) is 5.04. The third kappa shape index (κ3) is 3.04. The monoisotopic (exact) mass is 250 g/mol. The number of H-pyrrole nitrogens is 1. The Hall–Kier alpha value is -1.88. The van der Waals surface area contributed by atoms with Crippen LogP contribution in [0, 0.1) is 0 Å². The Morgan fingerprint density at radius 1 is 1.47 bits per heavy atom. The maximum atomic E-state index is 6.08. The summed E-state index contributed by atoms with van der Waals surface area (Å²) < 4.78 is 5.38. The number of rotatable bonds is 5. The van der Waals surface area contributed by atoms with Gasteiger partial charge in [-0.1, -0.05) is 35.5 Å². The van der Waals surface area contributed by atoms with Crippen molar-refractivity contribution in [2.45, 2.75) is 6.42 Å². The zero-order chi connectivity index (χ0) is 12.1. The second-order valence-electron chi connectivity index (χ2n) is 3.37. The summed E-state index contributed by atoms with van der Waals surface area (Å²) in [4.78, 5) is 0. The minimum absolute atomic E-state index is 0.434. The van der Waals surface area contributed by atoms with Gasteiger partial charge in [0.2, 0.25) is 0 Å². The predicted molar refractivity (Wildman–Crippen MR) is 64.1 cm³/mol. The van der Waals surface area contributed by atoms with Gasteiger partial charge in [-0.2, -0.15) is 5.21 Å². The van der Waals surface area contributed by atoms with Crippen LogP contribution in [0.4, 0.5) is 0 Å². The van der Waals surface area contributed by atoms with E-state index in [0.717, 1.165) is 5.56 Å². The summed E-state index contributed by atoms with van der Waals surface area (Å²) in [5, 5.41) is 14.2. The standard InChI is InChI=1S/C11H11ClN4O/c1-2-5-17-10-4-3-8(6-9(10)12)7-11-13-15-16-14-11/h2-4,6H,1,5,7H2,(H,13,14,15,16). The van der Waals surface area contributed by atoms with Crippen molar-refractivity contribution < 1.29 is 4.74 Å². The number of nitrogens with zero attached hydrogens (tertiary/aromatic N) is 3. The van der Waals surface area contributed by atoms with Gasteiger partial charge in [0, 0.05) is 6.42 Å². The van der Waals surface area contributed by atoms with Gasteiger partial charge in [0.1, 0.15) is 12.4 Å². The number of nitrogens with one attached hydrogen (secondary N) is 1. The van der Waals surface area contributed by atoms with E-state index in [4.69, 9.17) is 16.3 Å². The lowest BCUT2D eigenvalue weighted by Crippen LogP contribution is -1.95. The number of hydrogen-bond acceptors (Lipinski definition) is 4. The fourth-order valence-corrected chi connectivity index (χ4v) is 1.62. The first-order valence-corrected chi connectivity index (χ1v) is 5.42. The second-order valence-corrected chi connectivity index (χ2v) is 3.78. The summed E-state index contributed by atoms with van der Waals surface area (Å²) in [7, 11) is 0. The van der Waals surface area contributed by atoms with Gasteiger partial charge < -0.3 is 4.74 Å². The van der Waals surface area contributed by atoms with Crippen molar-refractivity contribution in [2.24, 2.45) is 0 Å². The number of halogens is 1. The molecule has 1 N–H and O–H groups in total. The van der Waals surface area contributed by atoms with E-state index in [9.17, 15) is 0 Å². The van der Waals surface area contributed by atoms with Gasteiger partial charge >= 0.3 is 0 Å². The number of aromatic nitrogens is 4. The van der Waals surface area contributed by atoms with Gasteiger partial charge in [-0.05, 0) is 17.7 Å². The Labute approximate surface area is 103 Å². The largest absolute Gasteiger partial charge is 0.488 e. The average molecular weight is 251 g/mol. The Morgan fingerprint density at radius 2 is 2.35 bits per heavy atom. The third-order valence-electron chi connectivity index (χ3n) is 2.10. The van der Waals surface area contributed by atoms with E-state index in [0.29, 0.717) is 29.6 Å². The molecule has 5 nitrogen and oxygen atoms in total. The highest BCUT2D eigenvalue weighted by molar-refractivity contribution is 6.32. The molecule has 0 atom stereocenters. The zero-order valence-electron chi connectivity index (χ0n) is 9.06. The number of ether oxygens (including phenoxy) is 1. The van der Waals surface area contributed by atoms with Gasteiger partial charge in [0.05, 0.1) is 5.02 Å². The van der Waals surface area contributed by atoms with Gasteiger partial charge in [0.15, 0.2) is 5.82 Å². The maximum Gasteiger partial charge on any atom is 0.178 e. The molecule has 0 unspecified atom stereocenters. The summed E-state index contributed by atoms with van der Waals surface area (Å²) in [6.45, 7) is 4.01. The Morgan fingerprint density at radius 3 is 3.00 bits per heavy atom. The van der Waals surface area contributed by atoms with Crippen LogP contribution in [0.5, 0.6) is 5.75 Å². The second kappa shape index (κ2) is 5.45. The number of tetrazole rings is 1. The molecule has 0 aliphatic carbocycles. The molecule has 0 spiro atoms. The highest BCUT2D eigenvalue weighted by atomic mass is 35.5. The summed E-state index contributed by atoms with van der Waals surface area (Å²) in [5.74, 6) is 1.27. The van der Waals surface area contributed by atoms with Crippen LogP contribution in [-0.2, 0) is 6.42 Å². The summed E-state index contributed by atoms with van der Waals surface area (Å²) >= 11 is 6.08. The van der Waals surface area contributed by atoms with E-state index in [1.54, 1.807) is 6.08 Å².